The number of hydrogen-bond donors (Lipinski definition) is 3. The Morgan fingerprint density at radius 2 is 2.00 bits per heavy atom. The Bertz CT molecular complexity index is 636. The first kappa shape index (κ1) is 16.2. The Morgan fingerprint density at radius 3 is 2.43 bits per heavy atom. The second-order valence-corrected chi connectivity index (χ2v) is 4.84. The number of nitrogen functional groups attached to an aromatic ring is 1. The molecule has 1 saturated heterocycles. The fourth-order valence-corrected chi connectivity index (χ4v) is 2.11. The molecule has 0 aliphatic carbocycles. The van der Waals surface area contributed by atoms with Crippen molar-refractivity contribution >= 4 is 50.9 Å². The molecule has 1 aromatic rings. The van der Waals surface area contributed by atoms with Gasteiger partial charge in [0.1, 0.15) is 37.0 Å². The molecule has 0 spiro atoms. The lowest BCUT2D eigenvalue weighted by atomic mass is 9.48. The predicted molar refractivity (Wildman–Crippen MR) is 76.5 cm³/mol. The van der Waals surface area contributed by atoms with Gasteiger partial charge in [0.2, 0.25) is 5.95 Å². The molecular weight excluding hydrogens is 270 g/mol. The van der Waals surface area contributed by atoms with Gasteiger partial charge in [0.15, 0.2) is 7.85 Å². The highest BCUT2D eigenvalue weighted by Gasteiger charge is 2.56. The zero-order valence-corrected chi connectivity index (χ0v) is 10.8. The number of rotatable bonds is 2. The van der Waals surface area contributed by atoms with Crippen LogP contribution in [0.25, 0.3) is 0 Å². The van der Waals surface area contributed by atoms with Crippen LogP contribution in [0.2, 0.25) is 0 Å². The molecule has 1 aromatic heterocycles. The lowest BCUT2D eigenvalue weighted by Gasteiger charge is -2.42. The van der Waals surface area contributed by atoms with Crippen molar-refractivity contribution in [3.8, 4) is 0 Å². The highest BCUT2D eigenvalue weighted by molar-refractivity contribution is 6.44. The van der Waals surface area contributed by atoms with Crippen LogP contribution in [0.1, 0.15) is 6.42 Å². The van der Waals surface area contributed by atoms with Crippen molar-refractivity contribution in [3.05, 3.63) is 10.5 Å². The van der Waals surface area contributed by atoms with E-state index in [1.54, 1.807) is 0 Å². The van der Waals surface area contributed by atoms with Gasteiger partial charge in [-0.15, -0.1) is 0 Å². The first-order valence-corrected chi connectivity index (χ1v) is 5.69. The average molecular weight is 277 g/mol. The quantitative estimate of drug-likeness (QED) is 0.460. The molecule has 0 amide bonds. The lowest BCUT2D eigenvalue weighted by molar-refractivity contribution is -0.120. The number of nitrogens with zero attached hydrogens (tertiary/aromatic N) is 3. The van der Waals surface area contributed by atoms with Gasteiger partial charge in [-0.2, -0.15) is 4.98 Å². The first-order valence-electron chi connectivity index (χ1n) is 5.69. The second-order valence-electron chi connectivity index (χ2n) is 4.84. The number of nitrogens with two attached hydrogens (primary N) is 1. The summed E-state index contributed by atoms with van der Waals surface area (Å²) in [5.41, 5.74) is -0.573. The Balaban J connectivity index is 2.55. The van der Waals surface area contributed by atoms with Gasteiger partial charge >= 0.3 is 5.69 Å². The maximum atomic E-state index is 11.9. The summed E-state index contributed by atoms with van der Waals surface area (Å²) in [6, 6.07) is 0. The molecule has 0 saturated carbocycles. The topological polar surface area (TPSA) is 123 Å². The second kappa shape index (κ2) is 4.66. The molecular formula is C8H7B5N4O4. The highest BCUT2D eigenvalue weighted by Crippen LogP contribution is 2.40. The smallest absolute Gasteiger partial charge is 0.353 e. The van der Waals surface area contributed by atoms with E-state index in [9.17, 15) is 15.0 Å². The molecule has 13 heteroatoms. The number of aliphatic hydroxyl groups excluding tert-OH is 1. The molecule has 10 radical (unpaired) electrons. The van der Waals surface area contributed by atoms with E-state index < -0.39 is 40.5 Å². The SMILES string of the molecule is [B]c1nc(N)nc(=O)n1C1([B])C[C@@H](O)[C@@]([B])(C([B])([B])O)O1. The largest absolute Gasteiger partial charge is 0.407 e. The third-order valence-corrected chi connectivity index (χ3v) is 3.19. The zero-order valence-electron chi connectivity index (χ0n) is 10.8. The van der Waals surface area contributed by atoms with Gasteiger partial charge < -0.3 is 20.7 Å². The van der Waals surface area contributed by atoms with E-state index in [0.717, 1.165) is 0 Å². The number of anilines is 1. The predicted octanol–water partition coefficient (Wildman–Crippen LogP) is -5.58. The Labute approximate surface area is 126 Å². The minimum absolute atomic E-state index is 0.371. The van der Waals surface area contributed by atoms with Gasteiger partial charge in [-0.1, -0.05) is 0 Å². The van der Waals surface area contributed by atoms with Gasteiger partial charge in [-0.25, -0.2) is 9.78 Å². The van der Waals surface area contributed by atoms with E-state index in [4.69, 9.17) is 49.7 Å². The van der Waals surface area contributed by atoms with Gasteiger partial charge in [-0.05, 0) is 0 Å². The molecule has 4 N–H and O–H groups in total. The summed E-state index contributed by atoms with van der Waals surface area (Å²) < 4.78 is 5.79. The Kier molecular flexibility index (Phi) is 3.59. The lowest BCUT2D eigenvalue weighted by Crippen LogP contribution is -2.62. The zero-order chi connectivity index (χ0) is 16.2. The van der Waals surface area contributed by atoms with E-state index in [-0.39, 0.29) is 5.95 Å². The third-order valence-electron chi connectivity index (χ3n) is 3.19. The van der Waals surface area contributed by atoms with Crippen LogP contribution >= 0.6 is 0 Å². The molecule has 98 valence electrons. The van der Waals surface area contributed by atoms with Gasteiger partial charge in [0.25, 0.3) is 0 Å². The van der Waals surface area contributed by atoms with Gasteiger partial charge in [-0.3, -0.25) is 4.57 Å². The molecule has 3 atom stereocenters. The summed E-state index contributed by atoms with van der Waals surface area (Å²) in [6.45, 7) is 0. The van der Waals surface area contributed by atoms with Crippen molar-refractivity contribution in [1.29, 1.82) is 0 Å². The number of ether oxygens (including phenoxy) is 1. The summed E-state index contributed by atoms with van der Waals surface area (Å²) in [4.78, 5) is 18.8. The molecule has 2 heterocycles. The van der Waals surface area contributed by atoms with Crippen molar-refractivity contribution in [2.45, 2.75) is 29.0 Å². The van der Waals surface area contributed by atoms with Gasteiger partial charge in [0, 0.05) is 11.8 Å². The van der Waals surface area contributed by atoms with Crippen molar-refractivity contribution in [3.63, 3.8) is 0 Å². The van der Waals surface area contributed by atoms with Crippen molar-refractivity contribution < 1.29 is 14.9 Å². The molecule has 1 aliphatic heterocycles. The third kappa shape index (κ3) is 2.43. The maximum Gasteiger partial charge on any atom is 0.353 e. The summed E-state index contributed by atoms with van der Waals surface area (Å²) >= 11 is 0. The normalized spacial score (nSPS) is 33.1. The van der Waals surface area contributed by atoms with Crippen molar-refractivity contribution in [1.82, 2.24) is 14.5 Å². The molecule has 1 fully saturated rings. The molecule has 1 aliphatic rings. The monoisotopic (exact) mass is 278 g/mol. The van der Waals surface area contributed by atoms with E-state index >= 15 is 0 Å². The standard InChI is InChI=1S/C8H7B5N4O4/c9-3-15-4(14)16-5(19)17(3)6(10)1-2(18)7(11,21-6)8(12,13)20/h2,18,20H,1H2,(H2,14,16,19)/t2-,6?,7+/m1/s1. The summed E-state index contributed by atoms with van der Waals surface area (Å²) in [7, 11) is 27.6. The summed E-state index contributed by atoms with van der Waals surface area (Å²) in [5, 5.41) is 16.9. The number of aliphatic hydroxyl groups is 2. The average Bonchev–Trinajstić information content (AvgIpc) is 2.47. The van der Waals surface area contributed by atoms with Crippen LogP contribution in [-0.4, -0.2) is 81.0 Å². The number of aromatic nitrogens is 3. The molecule has 0 bridgehead atoms. The minimum Gasteiger partial charge on any atom is -0.407 e. The molecule has 2 rings (SSSR count). The Hall–Kier alpha value is -1.19. The summed E-state index contributed by atoms with van der Waals surface area (Å²) in [6.07, 6.45) is -2.07. The van der Waals surface area contributed by atoms with E-state index in [2.05, 4.69) is 9.97 Å². The molecule has 1 unspecified atom stereocenters. The minimum atomic E-state index is -2.64. The fourth-order valence-electron chi connectivity index (χ4n) is 2.11. The van der Waals surface area contributed by atoms with Gasteiger partial charge in [0.05, 0.1) is 17.3 Å². The Morgan fingerprint density at radius 1 is 1.43 bits per heavy atom. The van der Waals surface area contributed by atoms with Crippen molar-refractivity contribution in [2.24, 2.45) is 0 Å². The van der Waals surface area contributed by atoms with Crippen LogP contribution < -0.4 is 17.1 Å². The van der Waals surface area contributed by atoms with Crippen LogP contribution in [0.15, 0.2) is 4.79 Å². The van der Waals surface area contributed by atoms with Crippen LogP contribution in [0.5, 0.6) is 0 Å². The van der Waals surface area contributed by atoms with E-state index in [1.807, 2.05) is 0 Å². The molecule has 0 aromatic carbocycles. The van der Waals surface area contributed by atoms with Crippen LogP contribution in [0, 0.1) is 0 Å². The summed E-state index contributed by atoms with van der Waals surface area (Å²) in [5.74, 6) is -0.371. The van der Waals surface area contributed by atoms with E-state index in [0.29, 0.717) is 4.57 Å². The molecule has 8 nitrogen and oxygen atoms in total. The highest BCUT2D eigenvalue weighted by atomic mass is 16.6. The first-order chi connectivity index (χ1) is 9.41. The molecule has 21 heavy (non-hydrogen) atoms. The van der Waals surface area contributed by atoms with Crippen LogP contribution in [0.4, 0.5) is 5.95 Å². The fraction of sp³-hybridized carbons (Fsp3) is 0.625. The van der Waals surface area contributed by atoms with Crippen LogP contribution in [0.3, 0.4) is 0 Å². The van der Waals surface area contributed by atoms with Crippen LogP contribution in [-0.2, 0) is 10.4 Å². The van der Waals surface area contributed by atoms with E-state index in [1.165, 1.54) is 0 Å². The number of hydrogen-bond acceptors (Lipinski definition) is 7. The maximum absolute atomic E-state index is 11.9. The van der Waals surface area contributed by atoms with Crippen molar-refractivity contribution in [2.75, 3.05) is 5.73 Å².